The molecule has 1 aliphatic heterocycles. The van der Waals surface area contributed by atoms with Crippen LogP contribution in [0.2, 0.25) is 0 Å². The summed E-state index contributed by atoms with van der Waals surface area (Å²) in [5, 5.41) is 0. The van der Waals surface area contributed by atoms with Crippen LogP contribution in [0.4, 0.5) is 13.2 Å². The minimum Gasteiger partial charge on any atom is -0.291 e. The molecule has 0 atom stereocenters. The van der Waals surface area contributed by atoms with Crippen molar-refractivity contribution in [2.45, 2.75) is 39.2 Å². The highest BCUT2D eigenvalue weighted by molar-refractivity contribution is 5.35. The summed E-state index contributed by atoms with van der Waals surface area (Å²) < 4.78 is 38.2. The van der Waals surface area contributed by atoms with Crippen LogP contribution in [0, 0.1) is 0 Å². The highest BCUT2D eigenvalue weighted by Crippen LogP contribution is 2.36. The largest absolute Gasteiger partial charge is 0.416 e. The van der Waals surface area contributed by atoms with Gasteiger partial charge in [0.25, 0.3) is 0 Å². The van der Waals surface area contributed by atoms with Gasteiger partial charge < -0.3 is 0 Å². The third-order valence-corrected chi connectivity index (χ3v) is 2.89. The summed E-state index contributed by atoms with van der Waals surface area (Å²) in [6.45, 7) is 4.80. The van der Waals surface area contributed by atoms with Gasteiger partial charge in [0.15, 0.2) is 0 Å². The number of hydrogen-bond donors (Lipinski definition) is 0. The van der Waals surface area contributed by atoms with Crippen molar-refractivity contribution in [1.29, 1.82) is 0 Å². The van der Waals surface area contributed by atoms with Gasteiger partial charge in [-0.2, -0.15) is 13.2 Å². The first-order valence-corrected chi connectivity index (χ1v) is 5.17. The van der Waals surface area contributed by atoms with Gasteiger partial charge >= 0.3 is 6.18 Å². The molecule has 0 amide bonds. The average molecular weight is 230 g/mol. The normalized spacial score (nSPS) is 16.9. The fraction of sp³-hybridized carbons (Fsp3) is 0.545. The van der Waals surface area contributed by atoms with Crippen LogP contribution < -0.4 is 0 Å². The number of fused-ring (bicyclic) bond motifs is 1. The van der Waals surface area contributed by atoms with Gasteiger partial charge in [0.05, 0.1) is 11.3 Å². The second kappa shape index (κ2) is 3.73. The molecule has 5 heteroatoms. The van der Waals surface area contributed by atoms with Crippen LogP contribution in [-0.4, -0.2) is 15.9 Å². The van der Waals surface area contributed by atoms with Crippen molar-refractivity contribution in [3.63, 3.8) is 0 Å². The van der Waals surface area contributed by atoms with Crippen molar-refractivity contribution in [1.82, 2.24) is 9.88 Å². The first-order valence-electron chi connectivity index (χ1n) is 5.17. The molecular weight excluding hydrogens is 217 g/mol. The quantitative estimate of drug-likeness (QED) is 0.737. The predicted molar refractivity (Wildman–Crippen MR) is 53.6 cm³/mol. The van der Waals surface area contributed by atoms with Gasteiger partial charge in [-0.3, -0.25) is 9.88 Å². The van der Waals surface area contributed by atoms with Crippen molar-refractivity contribution in [3.05, 3.63) is 29.1 Å². The van der Waals surface area contributed by atoms with Crippen LogP contribution in [0.3, 0.4) is 0 Å². The van der Waals surface area contributed by atoms with Crippen molar-refractivity contribution in [2.24, 2.45) is 0 Å². The third kappa shape index (κ3) is 1.91. The van der Waals surface area contributed by atoms with Gasteiger partial charge in [0, 0.05) is 30.9 Å². The molecule has 2 rings (SSSR count). The lowest BCUT2D eigenvalue weighted by Crippen LogP contribution is -2.24. The summed E-state index contributed by atoms with van der Waals surface area (Å²) >= 11 is 0. The lowest BCUT2D eigenvalue weighted by molar-refractivity contribution is -0.138. The molecule has 0 unspecified atom stereocenters. The first kappa shape index (κ1) is 11.4. The average Bonchev–Trinajstić information content (AvgIpc) is 2.58. The van der Waals surface area contributed by atoms with E-state index >= 15 is 0 Å². The second-order valence-electron chi connectivity index (χ2n) is 4.28. The number of aromatic nitrogens is 1. The molecule has 0 fully saturated rings. The second-order valence-corrected chi connectivity index (χ2v) is 4.28. The van der Waals surface area contributed by atoms with E-state index in [2.05, 4.69) is 4.98 Å². The van der Waals surface area contributed by atoms with E-state index in [1.54, 1.807) is 0 Å². The van der Waals surface area contributed by atoms with Crippen LogP contribution in [-0.2, 0) is 19.3 Å². The monoisotopic (exact) mass is 230 g/mol. The molecule has 2 heterocycles. The minimum atomic E-state index is -4.28. The molecule has 0 saturated carbocycles. The zero-order valence-electron chi connectivity index (χ0n) is 9.17. The number of alkyl halides is 3. The summed E-state index contributed by atoms with van der Waals surface area (Å²) in [6, 6.07) is 1.29. The molecule has 0 saturated heterocycles. The van der Waals surface area contributed by atoms with E-state index in [1.807, 2.05) is 18.7 Å². The Balaban J connectivity index is 2.39. The van der Waals surface area contributed by atoms with Gasteiger partial charge in [-0.05, 0) is 19.9 Å². The molecule has 16 heavy (non-hydrogen) atoms. The van der Waals surface area contributed by atoms with Crippen LogP contribution in [0.25, 0.3) is 0 Å². The number of pyridine rings is 1. The lowest BCUT2D eigenvalue weighted by Gasteiger charge is -2.19. The Morgan fingerprint density at radius 3 is 2.56 bits per heavy atom. The fourth-order valence-corrected chi connectivity index (χ4v) is 1.93. The molecular formula is C11H13F3N2. The van der Waals surface area contributed by atoms with Crippen molar-refractivity contribution >= 4 is 0 Å². The maximum atomic E-state index is 12.7. The van der Waals surface area contributed by atoms with Crippen molar-refractivity contribution in [2.75, 3.05) is 0 Å². The molecule has 0 spiro atoms. The molecule has 0 bridgehead atoms. The van der Waals surface area contributed by atoms with Gasteiger partial charge in [-0.15, -0.1) is 0 Å². The Kier molecular flexibility index (Phi) is 2.66. The zero-order valence-corrected chi connectivity index (χ0v) is 9.17. The van der Waals surface area contributed by atoms with Gasteiger partial charge in [-0.25, -0.2) is 0 Å². The molecule has 0 N–H and O–H groups in total. The SMILES string of the molecule is CC(C)N1Cc2nccc(C(F)(F)F)c2C1. The summed E-state index contributed by atoms with van der Waals surface area (Å²) in [5.74, 6) is 0. The Morgan fingerprint density at radius 2 is 2.00 bits per heavy atom. The van der Waals surface area contributed by atoms with Gasteiger partial charge in [0.2, 0.25) is 0 Å². The molecule has 88 valence electrons. The van der Waals surface area contributed by atoms with Crippen LogP contribution in [0.15, 0.2) is 12.3 Å². The maximum Gasteiger partial charge on any atom is 0.416 e. The van der Waals surface area contributed by atoms with E-state index in [4.69, 9.17) is 0 Å². The predicted octanol–water partition coefficient (Wildman–Crippen LogP) is 2.82. The molecule has 2 nitrogen and oxygen atoms in total. The van der Waals surface area contributed by atoms with E-state index in [9.17, 15) is 13.2 Å². The standard InChI is InChI=1S/C11H13F3N2/c1-7(2)16-5-8-9(11(12,13)14)3-4-15-10(8)6-16/h3-4,7H,5-6H2,1-2H3. The van der Waals surface area contributed by atoms with Gasteiger partial charge in [0.1, 0.15) is 0 Å². The van der Waals surface area contributed by atoms with Crippen LogP contribution >= 0.6 is 0 Å². The van der Waals surface area contributed by atoms with E-state index in [1.165, 1.54) is 6.20 Å². The smallest absolute Gasteiger partial charge is 0.291 e. The molecule has 0 aromatic carbocycles. The maximum absolute atomic E-state index is 12.7. The molecule has 0 aliphatic carbocycles. The van der Waals surface area contributed by atoms with E-state index in [-0.39, 0.29) is 6.04 Å². The number of hydrogen-bond acceptors (Lipinski definition) is 2. The number of rotatable bonds is 1. The van der Waals surface area contributed by atoms with Crippen molar-refractivity contribution in [3.8, 4) is 0 Å². The number of nitrogens with zero attached hydrogens (tertiary/aromatic N) is 2. The zero-order chi connectivity index (χ0) is 11.9. The highest BCUT2D eigenvalue weighted by Gasteiger charge is 2.37. The summed E-state index contributed by atoms with van der Waals surface area (Å²) in [5.41, 5.74) is 0.355. The van der Waals surface area contributed by atoms with E-state index in [0.29, 0.717) is 24.3 Å². The van der Waals surface area contributed by atoms with Crippen LogP contribution in [0.1, 0.15) is 30.7 Å². The topological polar surface area (TPSA) is 16.1 Å². The summed E-state index contributed by atoms with van der Waals surface area (Å²) in [6.07, 6.45) is -3.04. The number of halogens is 3. The molecule has 1 aliphatic rings. The van der Waals surface area contributed by atoms with Gasteiger partial charge in [-0.1, -0.05) is 0 Å². The third-order valence-electron chi connectivity index (χ3n) is 2.89. The Bertz CT molecular complexity index is 399. The summed E-state index contributed by atoms with van der Waals surface area (Å²) in [7, 11) is 0. The molecule has 0 radical (unpaired) electrons. The summed E-state index contributed by atoms with van der Waals surface area (Å²) in [4.78, 5) is 6.00. The first-order chi connectivity index (χ1) is 7.39. The lowest BCUT2D eigenvalue weighted by atomic mass is 10.1. The molecule has 1 aromatic heterocycles. The van der Waals surface area contributed by atoms with E-state index < -0.39 is 11.7 Å². The van der Waals surface area contributed by atoms with E-state index in [0.717, 1.165) is 6.07 Å². The van der Waals surface area contributed by atoms with Crippen LogP contribution in [0.5, 0.6) is 0 Å². The molecule has 1 aromatic rings. The Labute approximate surface area is 92.1 Å². The highest BCUT2D eigenvalue weighted by atomic mass is 19.4. The Hall–Kier alpha value is -1.10. The van der Waals surface area contributed by atoms with Crippen molar-refractivity contribution < 1.29 is 13.2 Å². The fourth-order valence-electron chi connectivity index (χ4n) is 1.93. The minimum absolute atomic E-state index is 0.232. The Morgan fingerprint density at radius 1 is 1.31 bits per heavy atom.